The van der Waals surface area contributed by atoms with Gasteiger partial charge in [-0.25, -0.2) is 9.97 Å². The lowest BCUT2D eigenvalue weighted by Crippen LogP contribution is -1.97. The van der Waals surface area contributed by atoms with E-state index >= 15 is 0 Å². The molecular formula is C58H37N5. The molecule has 9 aromatic carbocycles. The van der Waals surface area contributed by atoms with E-state index in [1.54, 1.807) is 0 Å². The smallest absolute Gasteiger partial charge is 0.160 e. The minimum Gasteiger partial charge on any atom is -0.309 e. The van der Waals surface area contributed by atoms with Gasteiger partial charge in [0.15, 0.2) is 5.82 Å². The van der Waals surface area contributed by atoms with Crippen LogP contribution < -0.4 is 0 Å². The summed E-state index contributed by atoms with van der Waals surface area (Å²) in [7, 11) is 0. The average Bonchev–Trinajstić information content (AvgIpc) is 4.00. The van der Waals surface area contributed by atoms with Crippen molar-refractivity contribution in [2.75, 3.05) is 0 Å². The Kier molecular flexibility index (Phi) is 7.84. The highest BCUT2D eigenvalue weighted by atomic mass is 15.0. The van der Waals surface area contributed by atoms with Crippen LogP contribution in [0.2, 0.25) is 0 Å². The minimum absolute atomic E-state index is 0.691. The molecule has 0 saturated heterocycles. The molecule has 5 heteroatoms. The van der Waals surface area contributed by atoms with Crippen LogP contribution in [0.4, 0.5) is 0 Å². The van der Waals surface area contributed by atoms with Gasteiger partial charge >= 0.3 is 0 Å². The fourth-order valence-electron chi connectivity index (χ4n) is 9.95. The van der Waals surface area contributed by atoms with E-state index in [9.17, 15) is 0 Å². The van der Waals surface area contributed by atoms with Crippen LogP contribution in [0.15, 0.2) is 224 Å². The molecule has 0 radical (unpaired) electrons. The minimum atomic E-state index is 0.691. The van der Waals surface area contributed by atoms with Gasteiger partial charge in [0.2, 0.25) is 0 Å². The zero-order chi connectivity index (χ0) is 41.4. The molecule has 13 aromatic rings. The van der Waals surface area contributed by atoms with E-state index in [4.69, 9.17) is 9.97 Å². The van der Waals surface area contributed by atoms with Crippen LogP contribution in [-0.2, 0) is 0 Å². The van der Waals surface area contributed by atoms with Crippen molar-refractivity contribution in [3.8, 4) is 51.0 Å². The summed E-state index contributed by atoms with van der Waals surface area (Å²) < 4.78 is 7.30. The molecule has 0 N–H and O–H groups in total. The number of hydrogen-bond donors (Lipinski definition) is 0. The van der Waals surface area contributed by atoms with Crippen LogP contribution >= 0.6 is 0 Å². The first-order valence-corrected chi connectivity index (χ1v) is 21.4. The Bertz CT molecular complexity index is 3820. The molecule has 0 saturated carbocycles. The first-order valence-electron chi connectivity index (χ1n) is 21.4. The Morgan fingerprint density at radius 2 is 0.794 bits per heavy atom. The van der Waals surface area contributed by atoms with Crippen LogP contribution in [0.3, 0.4) is 0 Å². The van der Waals surface area contributed by atoms with Crippen molar-refractivity contribution in [2.45, 2.75) is 0 Å². The Morgan fingerprint density at radius 1 is 0.286 bits per heavy atom. The average molecular weight is 804 g/mol. The predicted octanol–water partition coefficient (Wildman–Crippen LogP) is 14.8. The molecule has 5 nitrogen and oxygen atoms in total. The molecule has 294 valence electrons. The van der Waals surface area contributed by atoms with Gasteiger partial charge in [0.25, 0.3) is 0 Å². The van der Waals surface area contributed by atoms with E-state index in [0.29, 0.717) is 5.82 Å². The maximum absolute atomic E-state index is 5.42. The number of aromatic nitrogens is 5. The second kappa shape index (κ2) is 14.0. The number of rotatable bonds is 6. The largest absolute Gasteiger partial charge is 0.309 e. The van der Waals surface area contributed by atoms with Gasteiger partial charge in [0.1, 0.15) is 0 Å². The zero-order valence-corrected chi connectivity index (χ0v) is 34.1. The second-order valence-corrected chi connectivity index (χ2v) is 16.2. The van der Waals surface area contributed by atoms with E-state index in [0.717, 1.165) is 61.6 Å². The third kappa shape index (κ3) is 5.43. The van der Waals surface area contributed by atoms with E-state index < -0.39 is 0 Å². The summed E-state index contributed by atoms with van der Waals surface area (Å²) in [5.74, 6) is 0.691. The van der Waals surface area contributed by atoms with E-state index in [2.05, 4.69) is 226 Å². The van der Waals surface area contributed by atoms with Gasteiger partial charge in [-0.1, -0.05) is 152 Å². The molecule has 0 bridgehead atoms. The lowest BCUT2D eigenvalue weighted by atomic mass is 10.00. The summed E-state index contributed by atoms with van der Waals surface area (Å²) in [6.07, 6.45) is 0. The maximum Gasteiger partial charge on any atom is 0.160 e. The number of benzene rings is 9. The van der Waals surface area contributed by atoms with Crippen molar-refractivity contribution in [3.63, 3.8) is 0 Å². The Labute approximate surface area is 363 Å². The van der Waals surface area contributed by atoms with Crippen LogP contribution in [0.1, 0.15) is 0 Å². The fourth-order valence-corrected chi connectivity index (χ4v) is 9.95. The molecule has 4 heterocycles. The highest BCUT2D eigenvalue weighted by molar-refractivity contribution is 6.28. The number of para-hydroxylation sites is 4. The maximum atomic E-state index is 5.42. The Balaban J connectivity index is 1.18. The Morgan fingerprint density at radius 3 is 1.51 bits per heavy atom. The molecule has 0 spiro atoms. The second-order valence-electron chi connectivity index (χ2n) is 16.2. The lowest BCUT2D eigenvalue weighted by Gasteiger charge is -2.12. The molecule has 0 atom stereocenters. The number of fused-ring (bicyclic) bond motifs is 10. The van der Waals surface area contributed by atoms with Gasteiger partial charge < -0.3 is 13.7 Å². The summed E-state index contributed by atoms with van der Waals surface area (Å²) in [6, 6.07) is 80.2. The van der Waals surface area contributed by atoms with Gasteiger partial charge in [-0.15, -0.1) is 0 Å². The molecule has 63 heavy (non-hydrogen) atoms. The highest BCUT2D eigenvalue weighted by Gasteiger charge is 2.25. The van der Waals surface area contributed by atoms with Crippen molar-refractivity contribution in [2.24, 2.45) is 0 Å². The van der Waals surface area contributed by atoms with Gasteiger partial charge in [-0.3, -0.25) is 0 Å². The first kappa shape index (κ1) is 35.2. The van der Waals surface area contributed by atoms with Crippen molar-refractivity contribution in [3.05, 3.63) is 224 Å². The summed E-state index contributed by atoms with van der Waals surface area (Å²) in [6.45, 7) is 0. The molecular weight excluding hydrogens is 767 g/mol. The third-order valence-corrected chi connectivity index (χ3v) is 12.6. The van der Waals surface area contributed by atoms with Gasteiger partial charge in [0.05, 0.1) is 44.5 Å². The van der Waals surface area contributed by atoms with Crippen LogP contribution in [-0.4, -0.2) is 23.7 Å². The zero-order valence-electron chi connectivity index (χ0n) is 34.1. The monoisotopic (exact) mass is 803 g/mol. The molecule has 0 aliphatic heterocycles. The van der Waals surface area contributed by atoms with E-state index in [1.807, 2.05) is 12.1 Å². The summed E-state index contributed by atoms with van der Waals surface area (Å²) in [5, 5.41) is 7.15. The highest BCUT2D eigenvalue weighted by Crippen LogP contribution is 2.46. The molecule has 0 aliphatic rings. The van der Waals surface area contributed by atoms with Crippen LogP contribution in [0.25, 0.3) is 116 Å². The third-order valence-electron chi connectivity index (χ3n) is 12.6. The summed E-state index contributed by atoms with van der Waals surface area (Å²) in [5.41, 5.74) is 15.1. The van der Waals surface area contributed by atoms with Gasteiger partial charge in [0, 0.05) is 66.1 Å². The SMILES string of the molecule is c1ccc(-c2cc(-c3cccc4c3c3c(ccc5c6ccccc6n(-c6ccccc6)c53)n4-c3ccc4c(c3)c3ccccc3n4-c3ccccc3)nc(-c3ccccc3)n2)cc1. The summed E-state index contributed by atoms with van der Waals surface area (Å²) in [4.78, 5) is 10.6. The normalized spacial score (nSPS) is 11.8. The lowest BCUT2D eigenvalue weighted by molar-refractivity contribution is 1.16. The van der Waals surface area contributed by atoms with Gasteiger partial charge in [-0.05, 0) is 72.8 Å². The molecule has 0 amide bonds. The molecule has 4 aromatic heterocycles. The Hall–Kier alpha value is -8.54. The first-order chi connectivity index (χ1) is 31.3. The fraction of sp³-hybridized carbons (Fsp3) is 0. The summed E-state index contributed by atoms with van der Waals surface area (Å²) >= 11 is 0. The van der Waals surface area contributed by atoms with E-state index in [1.165, 1.54) is 49.0 Å². The van der Waals surface area contributed by atoms with Crippen molar-refractivity contribution in [1.82, 2.24) is 23.7 Å². The molecule has 0 fully saturated rings. The molecule has 0 aliphatic carbocycles. The molecule has 0 unspecified atom stereocenters. The predicted molar refractivity (Wildman–Crippen MR) is 261 cm³/mol. The quantitative estimate of drug-likeness (QED) is 0.168. The van der Waals surface area contributed by atoms with Crippen molar-refractivity contribution in [1.29, 1.82) is 0 Å². The van der Waals surface area contributed by atoms with Gasteiger partial charge in [-0.2, -0.15) is 0 Å². The number of hydrogen-bond acceptors (Lipinski definition) is 2. The standard InChI is InChI=1S/C58H37N5/c1-5-18-38(19-6-1)48-37-49(60-58(59-48)39-20-7-2-8-21-39)46-28-17-31-53-55(46)56-54(35-33-45-43-26-13-16-30-51(43)63(57(45)56)41-24-11-4-12-25-41)62(53)42-32-34-52-47(36-42)44-27-14-15-29-50(44)61(52)40-22-9-3-10-23-40/h1-37H. The van der Waals surface area contributed by atoms with Crippen LogP contribution in [0.5, 0.6) is 0 Å². The molecule has 13 rings (SSSR count). The topological polar surface area (TPSA) is 40.6 Å². The van der Waals surface area contributed by atoms with Crippen molar-refractivity contribution >= 4 is 65.4 Å². The number of nitrogens with zero attached hydrogens (tertiary/aromatic N) is 5. The van der Waals surface area contributed by atoms with E-state index in [-0.39, 0.29) is 0 Å². The van der Waals surface area contributed by atoms with Crippen molar-refractivity contribution < 1.29 is 0 Å². The van der Waals surface area contributed by atoms with Crippen LogP contribution in [0, 0.1) is 0 Å².